The molecule has 0 spiro atoms. The minimum Gasteiger partial charge on any atom is -0.481 e. The Bertz CT molecular complexity index is 502. The zero-order valence-corrected chi connectivity index (χ0v) is 14.5. The molecule has 0 radical (unpaired) electrons. The number of nitrogens with zero attached hydrogens (tertiary/aromatic N) is 1. The van der Waals surface area contributed by atoms with Gasteiger partial charge in [-0.05, 0) is 43.4 Å². The maximum Gasteiger partial charge on any atom is 0.309 e. The molecular formula is C18H29NO4. The van der Waals surface area contributed by atoms with Crippen LogP contribution in [0.15, 0.2) is 24.3 Å². The zero-order valence-electron chi connectivity index (χ0n) is 14.5. The van der Waals surface area contributed by atoms with Crippen molar-refractivity contribution in [2.45, 2.75) is 39.5 Å². The van der Waals surface area contributed by atoms with Gasteiger partial charge in [-0.15, -0.1) is 0 Å². The summed E-state index contributed by atoms with van der Waals surface area (Å²) in [7, 11) is 0. The van der Waals surface area contributed by atoms with Crippen molar-refractivity contribution in [1.82, 2.24) is 0 Å². The second-order valence-corrected chi connectivity index (χ2v) is 7.23. The summed E-state index contributed by atoms with van der Waals surface area (Å²) in [5, 5.41) is 27.6. The third-order valence-electron chi connectivity index (χ3n) is 4.22. The minimum atomic E-state index is -0.792. The molecule has 0 aliphatic rings. The largest absolute Gasteiger partial charge is 0.481 e. The second kappa shape index (κ2) is 7.79. The first-order chi connectivity index (χ1) is 10.6. The molecule has 0 aromatic heterocycles. The molecule has 23 heavy (non-hydrogen) atoms. The standard InChI is InChI=1S/C18H29NO4/c1-17(2,13-18(3,4)16(22)23)14-5-7-15(8-6-14)19(9-11-20)10-12-21/h5-8,20-21H,9-13H2,1-4H3,(H,22,23). The topological polar surface area (TPSA) is 81.0 Å². The average molecular weight is 323 g/mol. The van der Waals surface area contributed by atoms with Gasteiger partial charge >= 0.3 is 5.97 Å². The number of hydrogen-bond donors (Lipinski definition) is 3. The van der Waals surface area contributed by atoms with Crippen LogP contribution in [0.3, 0.4) is 0 Å². The third-order valence-corrected chi connectivity index (χ3v) is 4.22. The van der Waals surface area contributed by atoms with Crippen LogP contribution < -0.4 is 4.90 Å². The maximum absolute atomic E-state index is 11.4. The molecule has 5 nitrogen and oxygen atoms in total. The molecule has 0 heterocycles. The van der Waals surface area contributed by atoms with Crippen molar-refractivity contribution in [3.8, 4) is 0 Å². The number of rotatable bonds is 9. The van der Waals surface area contributed by atoms with Crippen LogP contribution in [0.5, 0.6) is 0 Å². The molecule has 0 unspecified atom stereocenters. The first kappa shape index (κ1) is 19.5. The predicted molar refractivity (Wildman–Crippen MR) is 91.9 cm³/mol. The Morgan fingerprint density at radius 2 is 1.48 bits per heavy atom. The number of benzene rings is 1. The third kappa shape index (κ3) is 5.22. The molecule has 0 aliphatic carbocycles. The van der Waals surface area contributed by atoms with Crippen LogP contribution in [0.25, 0.3) is 0 Å². The van der Waals surface area contributed by atoms with Crippen molar-refractivity contribution in [3.05, 3.63) is 29.8 Å². The Hall–Kier alpha value is -1.59. The molecule has 0 amide bonds. The number of anilines is 1. The van der Waals surface area contributed by atoms with Crippen molar-refractivity contribution >= 4 is 11.7 Å². The summed E-state index contributed by atoms with van der Waals surface area (Å²) in [6.45, 7) is 8.58. The number of aliphatic hydroxyl groups is 2. The van der Waals surface area contributed by atoms with Gasteiger partial charge in [0.15, 0.2) is 0 Å². The summed E-state index contributed by atoms with van der Waals surface area (Å²) in [6.07, 6.45) is 0.533. The molecule has 0 aliphatic heterocycles. The fourth-order valence-corrected chi connectivity index (χ4v) is 3.02. The van der Waals surface area contributed by atoms with Gasteiger partial charge in [-0.3, -0.25) is 4.79 Å². The lowest BCUT2D eigenvalue weighted by molar-refractivity contribution is -0.148. The quantitative estimate of drug-likeness (QED) is 0.649. The molecule has 0 saturated heterocycles. The molecule has 0 bridgehead atoms. The SMILES string of the molecule is CC(C)(CC(C)(C)c1ccc(N(CCO)CCO)cc1)C(=O)O. The molecule has 0 fully saturated rings. The van der Waals surface area contributed by atoms with Crippen LogP contribution in [0.1, 0.15) is 39.7 Å². The van der Waals surface area contributed by atoms with Gasteiger partial charge in [0, 0.05) is 18.8 Å². The summed E-state index contributed by atoms with van der Waals surface area (Å²) >= 11 is 0. The van der Waals surface area contributed by atoms with E-state index in [4.69, 9.17) is 10.2 Å². The van der Waals surface area contributed by atoms with Crippen molar-refractivity contribution < 1.29 is 20.1 Å². The number of hydrogen-bond acceptors (Lipinski definition) is 4. The Morgan fingerprint density at radius 3 is 1.87 bits per heavy atom. The summed E-state index contributed by atoms with van der Waals surface area (Å²) in [5.41, 5.74) is 0.954. The molecule has 1 aromatic rings. The van der Waals surface area contributed by atoms with Gasteiger partial charge in [-0.25, -0.2) is 0 Å². The molecule has 0 atom stereocenters. The molecule has 0 saturated carbocycles. The Morgan fingerprint density at radius 1 is 1.00 bits per heavy atom. The fraction of sp³-hybridized carbons (Fsp3) is 0.611. The van der Waals surface area contributed by atoms with E-state index < -0.39 is 11.4 Å². The smallest absolute Gasteiger partial charge is 0.309 e. The lowest BCUT2D eigenvalue weighted by atomic mass is 9.71. The number of aliphatic hydroxyl groups excluding tert-OH is 2. The van der Waals surface area contributed by atoms with Crippen LogP contribution in [-0.2, 0) is 10.2 Å². The number of carbonyl (C=O) groups is 1. The maximum atomic E-state index is 11.4. The number of aliphatic carboxylic acids is 1. The van der Waals surface area contributed by atoms with Crippen LogP contribution in [0.2, 0.25) is 0 Å². The highest BCUT2D eigenvalue weighted by Crippen LogP contribution is 2.37. The minimum absolute atomic E-state index is 0.0278. The van der Waals surface area contributed by atoms with Gasteiger partial charge in [0.25, 0.3) is 0 Å². The number of carboxylic acid groups (broad SMARTS) is 1. The van der Waals surface area contributed by atoms with Gasteiger partial charge in [0.05, 0.1) is 18.6 Å². The Kier molecular flexibility index (Phi) is 6.59. The Labute approximate surface area is 138 Å². The van der Waals surface area contributed by atoms with E-state index in [-0.39, 0.29) is 18.6 Å². The van der Waals surface area contributed by atoms with E-state index in [2.05, 4.69) is 0 Å². The van der Waals surface area contributed by atoms with Gasteiger partial charge in [-0.1, -0.05) is 26.0 Å². The molecule has 3 N–H and O–H groups in total. The Balaban J connectivity index is 2.95. The highest BCUT2D eigenvalue weighted by Gasteiger charge is 2.35. The van der Waals surface area contributed by atoms with Gasteiger partial charge in [0.2, 0.25) is 0 Å². The van der Waals surface area contributed by atoms with E-state index in [9.17, 15) is 9.90 Å². The summed E-state index contributed by atoms with van der Waals surface area (Å²) in [4.78, 5) is 13.3. The van der Waals surface area contributed by atoms with Crippen LogP contribution >= 0.6 is 0 Å². The van der Waals surface area contributed by atoms with Gasteiger partial charge in [0.1, 0.15) is 0 Å². The van der Waals surface area contributed by atoms with Crippen LogP contribution in [-0.4, -0.2) is 47.6 Å². The predicted octanol–water partition coefficient (Wildman–Crippen LogP) is 2.26. The lowest BCUT2D eigenvalue weighted by Gasteiger charge is -2.33. The van der Waals surface area contributed by atoms with Crippen LogP contribution in [0, 0.1) is 5.41 Å². The summed E-state index contributed by atoms with van der Waals surface area (Å²) < 4.78 is 0. The van der Waals surface area contributed by atoms with E-state index in [1.165, 1.54) is 0 Å². The monoisotopic (exact) mass is 323 g/mol. The highest BCUT2D eigenvalue weighted by atomic mass is 16.4. The van der Waals surface area contributed by atoms with Crippen LogP contribution in [0.4, 0.5) is 5.69 Å². The average Bonchev–Trinajstić information content (AvgIpc) is 2.46. The molecule has 1 aromatic carbocycles. The molecule has 1 rings (SSSR count). The number of carboxylic acids is 1. The van der Waals surface area contributed by atoms with E-state index in [1.54, 1.807) is 13.8 Å². The van der Waals surface area contributed by atoms with Crippen molar-refractivity contribution in [2.24, 2.45) is 5.41 Å². The van der Waals surface area contributed by atoms with Crippen molar-refractivity contribution in [1.29, 1.82) is 0 Å². The lowest BCUT2D eigenvalue weighted by Crippen LogP contribution is -2.33. The first-order valence-electron chi connectivity index (χ1n) is 7.94. The molecular weight excluding hydrogens is 294 g/mol. The van der Waals surface area contributed by atoms with E-state index in [1.807, 2.05) is 43.0 Å². The van der Waals surface area contributed by atoms with Crippen molar-refractivity contribution in [3.63, 3.8) is 0 Å². The zero-order chi connectivity index (χ0) is 17.7. The molecule has 130 valence electrons. The molecule has 5 heteroatoms. The van der Waals surface area contributed by atoms with Gasteiger partial charge in [-0.2, -0.15) is 0 Å². The fourth-order valence-electron chi connectivity index (χ4n) is 3.02. The van der Waals surface area contributed by atoms with Gasteiger partial charge < -0.3 is 20.2 Å². The summed E-state index contributed by atoms with van der Waals surface area (Å²) in [6, 6.07) is 7.90. The highest BCUT2D eigenvalue weighted by molar-refractivity contribution is 5.73. The first-order valence-corrected chi connectivity index (χ1v) is 7.94. The van der Waals surface area contributed by atoms with Crippen molar-refractivity contribution in [2.75, 3.05) is 31.2 Å². The second-order valence-electron chi connectivity index (χ2n) is 7.23. The summed E-state index contributed by atoms with van der Waals surface area (Å²) in [5.74, 6) is -0.792. The van der Waals surface area contributed by atoms with E-state index in [0.29, 0.717) is 19.5 Å². The van der Waals surface area contributed by atoms with E-state index >= 15 is 0 Å². The van der Waals surface area contributed by atoms with E-state index in [0.717, 1.165) is 11.3 Å². The normalized spacial score (nSPS) is 12.3.